The molecule has 0 aliphatic rings. The average molecular weight is 336 g/mol. The van der Waals surface area contributed by atoms with E-state index in [-0.39, 0.29) is 5.56 Å². The van der Waals surface area contributed by atoms with E-state index in [2.05, 4.69) is 15.5 Å². The number of aromatic nitrogens is 2. The number of nitrogens with zero attached hydrogens (tertiary/aromatic N) is 2. The number of rotatable bonds is 4. The van der Waals surface area contributed by atoms with Crippen LogP contribution in [-0.2, 0) is 0 Å². The van der Waals surface area contributed by atoms with Gasteiger partial charge >= 0.3 is 5.69 Å². The van der Waals surface area contributed by atoms with Gasteiger partial charge in [0.2, 0.25) is 5.88 Å². The van der Waals surface area contributed by atoms with Crippen molar-refractivity contribution in [3.63, 3.8) is 0 Å². The standard InChI is InChI=1S/C18H16N4O3/c1-12-7-9-13(10-8-12)21-19-11-15-16(23)20-18(25)22(17(15)24)14-5-3-2-4-6-14/h2-11,21,24H,1H3,(H,20,23,25)/b19-11+. The van der Waals surface area contributed by atoms with Gasteiger partial charge in [-0.1, -0.05) is 35.9 Å². The molecule has 0 bridgehead atoms. The fourth-order valence-corrected chi connectivity index (χ4v) is 2.27. The molecule has 7 heteroatoms. The molecule has 0 atom stereocenters. The monoisotopic (exact) mass is 336 g/mol. The Bertz CT molecular complexity index is 1020. The van der Waals surface area contributed by atoms with Crippen molar-refractivity contribution in [3.05, 3.63) is 86.6 Å². The van der Waals surface area contributed by atoms with E-state index in [1.807, 2.05) is 31.2 Å². The third kappa shape index (κ3) is 3.50. The number of para-hydroxylation sites is 1. The molecule has 1 aromatic heterocycles. The first-order valence-electron chi connectivity index (χ1n) is 7.56. The topological polar surface area (TPSA) is 99.5 Å². The molecule has 7 nitrogen and oxygen atoms in total. The van der Waals surface area contributed by atoms with Crippen molar-refractivity contribution in [2.75, 3.05) is 5.43 Å². The summed E-state index contributed by atoms with van der Waals surface area (Å²) in [5.41, 5.74) is 3.47. The highest BCUT2D eigenvalue weighted by atomic mass is 16.3. The molecule has 0 aliphatic heterocycles. The second kappa shape index (κ2) is 6.88. The van der Waals surface area contributed by atoms with Crippen LogP contribution in [0.4, 0.5) is 5.69 Å². The summed E-state index contributed by atoms with van der Waals surface area (Å²) in [7, 11) is 0. The third-order valence-electron chi connectivity index (χ3n) is 3.57. The molecule has 25 heavy (non-hydrogen) atoms. The number of aryl methyl sites for hydroxylation is 1. The van der Waals surface area contributed by atoms with Crippen LogP contribution in [0.1, 0.15) is 11.1 Å². The smallest absolute Gasteiger partial charge is 0.335 e. The zero-order chi connectivity index (χ0) is 17.8. The average Bonchev–Trinajstić information content (AvgIpc) is 2.60. The lowest BCUT2D eigenvalue weighted by Crippen LogP contribution is -2.31. The second-order valence-electron chi connectivity index (χ2n) is 5.40. The van der Waals surface area contributed by atoms with E-state index in [1.165, 1.54) is 6.21 Å². The SMILES string of the molecule is Cc1ccc(N/N=C/c2c(O)n(-c3ccccc3)c(=O)[nH]c2=O)cc1. The molecule has 0 spiro atoms. The predicted octanol–water partition coefficient (Wildman–Crippen LogP) is 1.99. The summed E-state index contributed by atoms with van der Waals surface area (Å²) in [6.07, 6.45) is 1.17. The summed E-state index contributed by atoms with van der Waals surface area (Å²) < 4.78 is 1.01. The van der Waals surface area contributed by atoms with Crippen LogP contribution in [0.3, 0.4) is 0 Å². The van der Waals surface area contributed by atoms with Crippen LogP contribution in [0, 0.1) is 6.92 Å². The van der Waals surface area contributed by atoms with E-state index in [1.54, 1.807) is 30.3 Å². The Balaban J connectivity index is 1.96. The van der Waals surface area contributed by atoms with Crippen LogP contribution < -0.4 is 16.7 Å². The van der Waals surface area contributed by atoms with Gasteiger partial charge in [0.1, 0.15) is 5.56 Å². The Morgan fingerprint density at radius 3 is 2.44 bits per heavy atom. The number of anilines is 1. The first-order valence-corrected chi connectivity index (χ1v) is 7.56. The number of H-pyrrole nitrogens is 1. The molecular weight excluding hydrogens is 320 g/mol. The lowest BCUT2D eigenvalue weighted by molar-refractivity contribution is 0.430. The summed E-state index contributed by atoms with van der Waals surface area (Å²) in [5.74, 6) is -0.477. The van der Waals surface area contributed by atoms with Crippen LogP contribution in [0.15, 0.2) is 69.3 Å². The molecule has 1 heterocycles. The van der Waals surface area contributed by atoms with Gasteiger partial charge in [-0.3, -0.25) is 15.2 Å². The minimum atomic E-state index is -0.725. The molecular formula is C18H16N4O3. The number of hydrogen-bond acceptors (Lipinski definition) is 5. The summed E-state index contributed by atoms with van der Waals surface area (Å²) >= 11 is 0. The minimum absolute atomic E-state index is 0.122. The Morgan fingerprint density at radius 2 is 1.76 bits per heavy atom. The van der Waals surface area contributed by atoms with Gasteiger partial charge < -0.3 is 5.11 Å². The molecule has 3 rings (SSSR count). The Morgan fingerprint density at radius 1 is 1.08 bits per heavy atom. The van der Waals surface area contributed by atoms with Gasteiger partial charge in [0.05, 0.1) is 17.6 Å². The van der Waals surface area contributed by atoms with Crippen molar-refractivity contribution in [1.82, 2.24) is 9.55 Å². The van der Waals surface area contributed by atoms with Crippen molar-refractivity contribution in [1.29, 1.82) is 0 Å². The van der Waals surface area contributed by atoms with Crippen LogP contribution in [0.2, 0.25) is 0 Å². The van der Waals surface area contributed by atoms with Gasteiger partial charge in [0, 0.05) is 0 Å². The predicted molar refractivity (Wildman–Crippen MR) is 96.7 cm³/mol. The fraction of sp³-hybridized carbons (Fsp3) is 0.0556. The quantitative estimate of drug-likeness (QED) is 0.501. The van der Waals surface area contributed by atoms with Crippen molar-refractivity contribution in [3.8, 4) is 11.6 Å². The van der Waals surface area contributed by atoms with Gasteiger partial charge in [-0.25, -0.2) is 9.36 Å². The highest BCUT2D eigenvalue weighted by Gasteiger charge is 2.13. The maximum absolute atomic E-state index is 12.0. The molecule has 0 fully saturated rings. The van der Waals surface area contributed by atoms with Crippen molar-refractivity contribution >= 4 is 11.9 Å². The molecule has 3 N–H and O–H groups in total. The normalized spacial score (nSPS) is 10.9. The summed E-state index contributed by atoms with van der Waals surface area (Å²) in [4.78, 5) is 26.2. The van der Waals surface area contributed by atoms with Gasteiger partial charge in [0.25, 0.3) is 5.56 Å². The van der Waals surface area contributed by atoms with Crippen LogP contribution in [-0.4, -0.2) is 20.9 Å². The van der Waals surface area contributed by atoms with Crippen molar-refractivity contribution in [2.24, 2.45) is 5.10 Å². The number of aromatic amines is 1. The van der Waals surface area contributed by atoms with Crippen molar-refractivity contribution in [2.45, 2.75) is 6.92 Å². The maximum atomic E-state index is 12.0. The van der Waals surface area contributed by atoms with E-state index in [0.717, 1.165) is 15.8 Å². The zero-order valence-corrected chi connectivity index (χ0v) is 13.4. The number of nitrogens with one attached hydrogen (secondary N) is 2. The molecule has 126 valence electrons. The fourth-order valence-electron chi connectivity index (χ4n) is 2.27. The lowest BCUT2D eigenvalue weighted by atomic mass is 10.2. The first-order chi connectivity index (χ1) is 12.1. The van der Waals surface area contributed by atoms with Crippen LogP contribution in [0.25, 0.3) is 5.69 Å². The molecule has 0 saturated heterocycles. The largest absolute Gasteiger partial charge is 0.493 e. The molecule has 3 aromatic rings. The molecule has 0 amide bonds. The molecule has 0 aliphatic carbocycles. The van der Waals surface area contributed by atoms with Gasteiger partial charge in [-0.2, -0.15) is 5.10 Å². The van der Waals surface area contributed by atoms with E-state index in [0.29, 0.717) is 5.69 Å². The second-order valence-corrected chi connectivity index (χ2v) is 5.40. The molecule has 0 unspecified atom stereocenters. The molecule has 0 radical (unpaired) electrons. The number of hydrazone groups is 1. The Labute approximate surface area is 142 Å². The summed E-state index contributed by atoms with van der Waals surface area (Å²) in [6.45, 7) is 1.97. The number of hydrogen-bond donors (Lipinski definition) is 3. The number of aromatic hydroxyl groups is 1. The molecule has 0 saturated carbocycles. The molecule has 2 aromatic carbocycles. The van der Waals surface area contributed by atoms with E-state index in [4.69, 9.17) is 0 Å². The van der Waals surface area contributed by atoms with Crippen molar-refractivity contribution < 1.29 is 5.11 Å². The van der Waals surface area contributed by atoms with E-state index < -0.39 is 17.1 Å². The Kier molecular flexibility index (Phi) is 4.47. The summed E-state index contributed by atoms with van der Waals surface area (Å²) in [5, 5.41) is 14.3. The number of benzene rings is 2. The highest BCUT2D eigenvalue weighted by molar-refractivity contribution is 5.82. The Hall–Kier alpha value is -3.61. The van der Waals surface area contributed by atoms with Gasteiger partial charge in [0.15, 0.2) is 0 Å². The van der Waals surface area contributed by atoms with E-state index in [9.17, 15) is 14.7 Å². The van der Waals surface area contributed by atoms with Gasteiger partial charge in [-0.15, -0.1) is 0 Å². The van der Waals surface area contributed by atoms with E-state index >= 15 is 0 Å². The first kappa shape index (κ1) is 16.3. The maximum Gasteiger partial charge on any atom is 0.335 e. The highest BCUT2D eigenvalue weighted by Crippen LogP contribution is 2.15. The summed E-state index contributed by atoms with van der Waals surface area (Å²) in [6, 6.07) is 16.0. The zero-order valence-electron chi connectivity index (χ0n) is 13.4. The third-order valence-corrected chi connectivity index (χ3v) is 3.57. The lowest BCUT2D eigenvalue weighted by Gasteiger charge is -2.09. The minimum Gasteiger partial charge on any atom is -0.493 e. The van der Waals surface area contributed by atoms with Crippen LogP contribution in [0.5, 0.6) is 5.88 Å². The van der Waals surface area contributed by atoms with Gasteiger partial charge in [-0.05, 0) is 31.2 Å². The van der Waals surface area contributed by atoms with Crippen LogP contribution >= 0.6 is 0 Å².